The zero-order valence-electron chi connectivity index (χ0n) is 19.0. The van der Waals surface area contributed by atoms with Gasteiger partial charge in [0.15, 0.2) is 0 Å². The van der Waals surface area contributed by atoms with Crippen molar-refractivity contribution < 1.29 is 13.2 Å². The van der Waals surface area contributed by atoms with Gasteiger partial charge in [-0.3, -0.25) is 4.90 Å². The van der Waals surface area contributed by atoms with Crippen LogP contribution < -0.4 is 21.7 Å². The fourth-order valence-corrected chi connectivity index (χ4v) is 4.88. The summed E-state index contributed by atoms with van der Waals surface area (Å²) in [5.74, 6) is 0.240. The molecule has 2 aromatic carbocycles. The maximum Gasteiger partial charge on any atom is 0.416 e. The molecule has 0 saturated carbocycles. The van der Waals surface area contributed by atoms with E-state index in [-0.39, 0.29) is 16.7 Å². The molecule has 6 rings (SSSR count). The maximum atomic E-state index is 13.1. The predicted molar refractivity (Wildman–Crippen MR) is 132 cm³/mol. The molecular formula is C24H22ClF3N8. The molecular weight excluding hydrogens is 493 g/mol. The molecule has 8 nitrogen and oxygen atoms in total. The number of nitrogens with one attached hydrogen (secondary N) is 4. The van der Waals surface area contributed by atoms with E-state index < -0.39 is 11.7 Å². The van der Waals surface area contributed by atoms with Gasteiger partial charge >= 0.3 is 6.18 Å². The van der Waals surface area contributed by atoms with Gasteiger partial charge in [-0.25, -0.2) is 9.97 Å². The minimum absolute atomic E-state index is 0.0136. The number of alkyl halides is 3. The van der Waals surface area contributed by atoms with Gasteiger partial charge in [-0.05, 0) is 35.9 Å². The lowest BCUT2D eigenvalue weighted by Gasteiger charge is -2.46. The van der Waals surface area contributed by atoms with Gasteiger partial charge in [-0.15, -0.1) is 5.53 Å². The third-order valence-electron chi connectivity index (χ3n) is 6.67. The third-order valence-corrected chi connectivity index (χ3v) is 6.89. The highest BCUT2D eigenvalue weighted by Crippen LogP contribution is 2.35. The molecule has 4 N–H and O–H groups in total. The zero-order chi connectivity index (χ0) is 25.0. The summed E-state index contributed by atoms with van der Waals surface area (Å²) in [5.41, 5.74) is 14.2. The van der Waals surface area contributed by atoms with Crippen molar-refractivity contribution in [3.63, 3.8) is 0 Å². The molecule has 1 saturated heterocycles. The molecule has 3 aliphatic heterocycles. The van der Waals surface area contributed by atoms with Crippen molar-refractivity contribution in [1.82, 2.24) is 25.3 Å². The van der Waals surface area contributed by atoms with E-state index >= 15 is 0 Å². The van der Waals surface area contributed by atoms with Gasteiger partial charge in [0, 0.05) is 60.4 Å². The van der Waals surface area contributed by atoms with Crippen LogP contribution in [0.3, 0.4) is 0 Å². The van der Waals surface area contributed by atoms with Crippen molar-refractivity contribution in [3.05, 3.63) is 76.6 Å². The number of hydrazine groups is 2. The number of anilines is 4. The van der Waals surface area contributed by atoms with E-state index in [0.717, 1.165) is 65.7 Å². The minimum atomic E-state index is -4.49. The Hall–Kier alpha value is -3.54. The van der Waals surface area contributed by atoms with Crippen molar-refractivity contribution in [1.29, 1.82) is 0 Å². The Labute approximate surface area is 210 Å². The van der Waals surface area contributed by atoms with E-state index in [0.29, 0.717) is 12.6 Å². The van der Waals surface area contributed by atoms with E-state index in [1.165, 1.54) is 6.07 Å². The molecule has 0 radical (unpaired) electrons. The van der Waals surface area contributed by atoms with Gasteiger partial charge in [-0.1, -0.05) is 24.2 Å². The fraction of sp³-hybridized carbons (Fsp3) is 0.250. The van der Waals surface area contributed by atoms with Crippen LogP contribution in [-0.2, 0) is 19.3 Å². The van der Waals surface area contributed by atoms with Crippen molar-refractivity contribution in [3.8, 4) is 0 Å². The minimum Gasteiger partial charge on any atom is -0.368 e. The summed E-state index contributed by atoms with van der Waals surface area (Å²) in [7, 11) is 0. The molecule has 0 bridgehead atoms. The molecule has 36 heavy (non-hydrogen) atoms. The summed E-state index contributed by atoms with van der Waals surface area (Å²) in [4.78, 5) is 13.5. The number of halogens is 4. The van der Waals surface area contributed by atoms with Gasteiger partial charge in [0.2, 0.25) is 5.95 Å². The first-order chi connectivity index (χ1) is 17.2. The lowest BCUT2D eigenvalue weighted by molar-refractivity contribution is -0.137. The Bertz CT molecular complexity index is 1360. The summed E-state index contributed by atoms with van der Waals surface area (Å²) in [6.45, 7) is 7.38. The van der Waals surface area contributed by atoms with Crippen LogP contribution in [0.1, 0.15) is 22.4 Å². The summed E-state index contributed by atoms with van der Waals surface area (Å²) < 4.78 is 39.3. The Balaban J connectivity index is 1.08. The average Bonchev–Trinajstić information content (AvgIpc) is 3.43. The van der Waals surface area contributed by atoms with Crippen LogP contribution in [0, 0.1) is 0 Å². The quantitative estimate of drug-likeness (QED) is 0.386. The number of aromatic nitrogens is 2. The standard InChI is InChI=1S/C24H22ClF3N8/c1-13(14-2-3-20-21(4-14)33-34-32-20)35-10-19(11-35)36-9-15-8-29-23(31-22(15)12-36)30-18-6-16(24(26,27)28)5-17(25)7-18/h2-8,19,32-34H,1,9-12H2,(H,29,30,31). The molecule has 0 spiro atoms. The highest BCUT2D eigenvalue weighted by Gasteiger charge is 2.36. The number of rotatable bonds is 5. The number of fused-ring (bicyclic) bond motifs is 2. The van der Waals surface area contributed by atoms with E-state index in [9.17, 15) is 13.2 Å². The highest BCUT2D eigenvalue weighted by molar-refractivity contribution is 6.31. The topological polar surface area (TPSA) is 80.4 Å². The average molecular weight is 515 g/mol. The van der Waals surface area contributed by atoms with Crippen LogP contribution in [0.5, 0.6) is 0 Å². The van der Waals surface area contributed by atoms with E-state index in [1.807, 2.05) is 12.1 Å². The molecule has 12 heteroatoms. The Morgan fingerprint density at radius 2 is 1.89 bits per heavy atom. The maximum absolute atomic E-state index is 13.1. The number of hydrogen-bond acceptors (Lipinski definition) is 8. The monoisotopic (exact) mass is 514 g/mol. The molecule has 186 valence electrons. The Kier molecular flexibility index (Phi) is 5.43. The molecule has 4 heterocycles. The number of likely N-dealkylation sites (tertiary alicyclic amines) is 1. The summed E-state index contributed by atoms with van der Waals surface area (Å²) >= 11 is 5.88. The van der Waals surface area contributed by atoms with E-state index in [4.69, 9.17) is 11.6 Å². The van der Waals surface area contributed by atoms with Gasteiger partial charge in [-0.2, -0.15) is 13.2 Å². The second-order valence-electron chi connectivity index (χ2n) is 9.06. The molecule has 0 atom stereocenters. The van der Waals surface area contributed by atoms with Crippen molar-refractivity contribution >= 4 is 40.3 Å². The Morgan fingerprint density at radius 1 is 1.08 bits per heavy atom. The van der Waals surface area contributed by atoms with Crippen LogP contribution in [-0.4, -0.2) is 38.9 Å². The van der Waals surface area contributed by atoms with Crippen molar-refractivity contribution in [2.75, 3.05) is 29.3 Å². The van der Waals surface area contributed by atoms with Gasteiger partial charge in [0.25, 0.3) is 0 Å². The number of nitrogens with zero attached hydrogens (tertiary/aromatic N) is 4. The van der Waals surface area contributed by atoms with E-state index in [2.05, 4.69) is 54.1 Å². The predicted octanol–water partition coefficient (Wildman–Crippen LogP) is 4.82. The number of hydrogen-bond donors (Lipinski definition) is 4. The zero-order valence-corrected chi connectivity index (χ0v) is 19.7. The first-order valence-electron chi connectivity index (χ1n) is 11.3. The van der Waals surface area contributed by atoms with Crippen molar-refractivity contribution in [2.45, 2.75) is 25.3 Å². The molecule has 3 aromatic rings. The first kappa shape index (κ1) is 22.9. The molecule has 3 aliphatic rings. The van der Waals surface area contributed by atoms with Gasteiger partial charge in [0.1, 0.15) is 0 Å². The summed E-state index contributed by atoms with van der Waals surface area (Å²) in [5, 5.41) is 2.84. The van der Waals surface area contributed by atoms with Crippen molar-refractivity contribution in [2.24, 2.45) is 0 Å². The fourth-order valence-electron chi connectivity index (χ4n) is 4.64. The molecule has 1 fully saturated rings. The second kappa shape index (κ2) is 8.54. The normalized spacial score (nSPS) is 17.2. The van der Waals surface area contributed by atoms with E-state index in [1.54, 1.807) is 6.20 Å². The smallest absolute Gasteiger partial charge is 0.368 e. The molecule has 1 aromatic heterocycles. The second-order valence-corrected chi connectivity index (χ2v) is 9.50. The van der Waals surface area contributed by atoms with Gasteiger partial charge in [0.05, 0.1) is 22.6 Å². The lowest BCUT2D eigenvalue weighted by atomic mass is 10.0. The molecule has 0 amide bonds. The summed E-state index contributed by atoms with van der Waals surface area (Å²) in [6.07, 6.45) is -2.76. The summed E-state index contributed by atoms with van der Waals surface area (Å²) in [6, 6.07) is 9.77. The van der Waals surface area contributed by atoms with Crippen LogP contribution in [0.2, 0.25) is 5.02 Å². The third kappa shape index (κ3) is 4.29. The highest BCUT2D eigenvalue weighted by atomic mass is 35.5. The van der Waals surface area contributed by atoms with Crippen LogP contribution in [0.15, 0.2) is 49.2 Å². The van der Waals surface area contributed by atoms with Gasteiger partial charge < -0.3 is 21.1 Å². The molecule has 0 aliphatic carbocycles. The first-order valence-corrected chi connectivity index (χ1v) is 11.7. The SMILES string of the molecule is C=C(c1ccc2c(c1)NNN2)N1CC(N2Cc3cnc(Nc4cc(Cl)cc(C(F)(F)F)c4)nc3C2)C1. The molecule has 0 unspecified atom stereocenters. The van der Waals surface area contributed by atoms with Crippen LogP contribution in [0.4, 0.5) is 36.2 Å². The lowest BCUT2D eigenvalue weighted by Crippen LogP contribution is -2.56. The largest absolute Gasteiger partial charge is 0.416 e. The van der Waals surface area contributed by atoms with Crippen LogP contribution >= 0.6 is 11.6 Å². The van der Waals surface area contributed by atoms with Crippen LogP contribution in [0.25, 0.3) is 5.70 Å². The number of benzene rings is 2. The Morgan fingerprint density at radius 3 is 2.69 bits per heavy atom.